The first-order chi connectivity index (χ1) is 8.81. The maximum atomic E-state index is 11.5. The molecule has 0 aromatic rings. The summed E-state index contributed by atoms with van der Waals surface area (Å²) in [5, 5.41) is 3.09. The van der Waals surface area contributed by atoms with E-state index in [1.807, 2.05) is 0 Å². The Bertz CT molecular complexity index is 183. The Hall–Kier alpha value is -0.410. The van der Waals surface area contributed by atoms with Gasteiger partial charge in [0, 0.05) is 20.1 Å². The zero-order valence-electron chi connectivity index (χ0n) is 12.3. The molecule has 0 heterocycles. The van der Waals surface area contributed by atoms with Gasteiger partial charge in [-0.15, -0.1) is 0 Å². The van der Waals surface area contributed by atoms with Gasteiger partial charge in [0.15, 0.2) is 0 Å². The molecule has 0 atom stereocenters. The molecule has 0 rings (SSSR count). The van der Waals surface area contributed by atoms with Crippen LogP contribution >= 0.6 is 0 Å². The summed E-state index contributed by atoms with van der Waals surface area (Å²) >= 11 is 0. The molecule has 3 heteroatoms. The molecule has 0 amide bonds. The number of unbranched alkanes of at least 4 members (excludes halogenated alkanes) is 7. The van der Waals surface area contributed by atoms with Gasteiger partial charge in [0.25, 0.3) is 0 Å². The number of carbonyl (C=O) groups is 1. The molecule has 3 nitrogen and oxygen atoms in total. The average molecular weight is 257 g/mol. The minimum Gasteiger partial charge on any atom is -0.383 e. The van der Waals surface area contributed by atoms with E-state index in [9.17, 15) is 4.79 Å². The summed E-state index contributed by atoms with van der Waals surface area (Å²) in [6, 6.07) is 0. The van der Waals surface area contributed by atoms with Gasteiger partial charge < -0.3 is 10.1 Å². The molecule has 0 bridgehead atoms. The summed E-state index contributed by atoms with van der Waals surface area (Å²) in [7, 11) is 1.67. The van der Waals surface area contributed by atoms with Crippen LogP contribution in [-0.4, -0.2) is 32.6 Å². The first-order valence-electron chi connectivity index (χ1n) is 7.52. The summed E-state index contributed by atoms with van der Waals surface area (Å²) in [6.45, 7) is 4.18. The van der Waals surface area contributed by atoms with E-state index in [4.69, 9.17) is 4.74 Å². The molecule has 0 spiro atoms. The van der Waals surface area contributed by atoms with Crippen LogP contribution in [0.4, 0.5) is 0 Å². The molecule has 1 N–H and O–H groups in total. The van der Waals surface area contributed by atoms with Gasteiger partial charge in [0.1, 0.15) is 5.78 Å². The van der Waals surface area contributed by atoms with Crippen molar-refractivity contribution in [2.45, 2.75) is 64.7 Å². The van der Waals surface area contributed by atoms with Crippen molar-refractivity contribution in [1.82, 2.24) is 5.32 Å². The molecule has 0 fully saturated rings. The molecule has 0 unspecified atom stereocenters. The van der Waals surface area contributed by atoms with Crippen LogP contribution in [0.5, 0.6) is 0 Å². The van der Waals surface area contributed by atoms with Crippen LogP contribution in [0.15, 0.2) is 0 Å². The lowest BCUT2D eigenvalue weighted by Gasteiger charge is -2.04. The van der Waals surface area contributed by atoms with Gasteiger partial charge in [0.05, 0.1) is 13.2 Å². The largest absolute Gasteiger partial charge is 0.383 e. The lowest BCUT2D eigenvalue weighted by molar-refractivity contribution is -0.118. The fraction of sp³-hybridized carbons (Fsp3) is 0.933. The third kappa shape index (κ3) is 13.7. The van der Waals surface area contributed by atoms with Crippen LogP contribution in [0.1, 0.15) is 64.7 Å². The zero-order chi connectivity index (χ0) is 13.5. The molecule has 0 aromatic carbocycles. The SMILES string of the molecule is CCCCCCCCCCC(=O)CNCCOC. The number of rotatable bonds is 14. The molecule has 0 saturated carbocycles. The Kier molecular flexibility index (Phi) is 14.3. The molecule has 0 radical (unpaired) electrons. The highest BCUT2D eigenvalue weighted by atomic mass is 16.5. The van der Waals surface area contributed by atoms with E-state index in [1.54, 1.807) is 7.11 Å². The fourth-order valence-electron chi connectivity index (χ4n) is 1.95. The van der Waals surface area contributed by atoms with Gasteiger partial charge in [-0.3, -0.25) is 4.79 Å². The third-order valence-corrected chi connectivity index (χ3v) is 3.11. The van der Waals surface area contributed by atoms with E-state index >= 15 is 0 Å². The van der Waals surface area contributed by atoms with Gasteiger partial charge in [-0.05, 0) is 6.42 Å². The van der Waals surface area contributed by atoms with Crippen molar-refractivity contribution in [3.8, 4) is 0 Å². The van der Waals surface area contributed by atoms with E-state index in [2.05, 4.69) is 12.2 Å². The van der Waals surface area contributed by atoms with Crippen molar-refractivity contribution in [3.05, 3.63) is 0 Å². The molecule has 108 valence electrons. The number of methoxy groups -OCH3 is 1. The second kappa shape index (κ2) is 14.7. The lowest BCUT2D eigenvalue weighted by atomic mass is 10.1. The van der Waals surface area contributed by atoms with Crippen LogP contribution in [0, 0.1) is 0 Å². The number of hydrogen-bond acceptors (Lipinski definition) is 3. The van der Waals surface area contributed by atoms with Crippen molar-refractivity contribution in [2.24, 2.45) is 0 Å². The van der Waals surface area contributed by atoms with Crippen LogP contribution < -0.4 is 5.32 Å². The highest BCUT2D eigenvalue weighted by molar-refractivity contribution is 5.80. The van der Waals surface area contributed by atoms with E-state index < -0.39 is 0 Å². The molecular weight excluding hydrogens is 226 g/mol. The number of ether oxygens (including phenoxy) is 1. The minimum absolute atomic E-state index is 0.331. The summed E-state index contributed by atoms with van der Waals surface area (Å²) in [4.78, 5) is 11.5. The second-order valence-corrected chi connectivity index (χ2v) is 4.93. The second-order valence-electron chi connectivity index (χ2n) is 4.93. The summed E-state index contributed by atoms with van der Waals surface area (Å²) < 4.78 is 4.90. The molecule has 0 aromatic heterocycles. The molecular formula is C15H31NO2. The first-order valence-corrected chi connectivity index (χ1v) is 7.52. The van der Waals surface area contributed by atoms with Gasteiger partial charge in [-0.1, -0.05) is 51.9 Å². The normalized spacial score (nSPS) is 10.8. The zero-order valence-corrected chi connectivity index (χ0v) is 12.3. The third-order valence-electron chi connectivity index (χ3n) is 3.11. The van der Waals surface area contributed by atoms with Gasteiger partial charge in [0.2, 0.25) is 0 Å². The Labute approximate surface area is 113 Å². The molecule has 0 aliphatic heterocycles. The van der Waals surface area contributed by atoms with Crippen LogP contribution in [0.2, 0.25) is 0 Å². The first kappa shape index (κ1) is 17.6. The highest BCUT2D eigenvalue weighted by Gasteiger charge is 2.00. The van der Waals surface area contributed by atoms with Crippen molar-refractivity contribution < 1.29 is 9.53 Å². The summed E-state index contributed by atoms with van der Waals surface area (Å²) in [6.07, 6.45) is 11.0. The monoisotopic (exact) mass is 257 g/mol. The predicted molar refractivity (Wildman–Crippen MR) is 77.0 cm³/mol. The van der Waals surface area contributed by atoms with Crippen LogP contribution in [-0.2, 0) is 9.53 Å². The van der Waals surface area contributed by atoms with Gasteiger partial charge in [-0.2, -0.15) is 0 Å². The Balaban J connectivity index is 3.10. The van der Waals surface area contributed by atoms with Crippen molar-refractivity contribution in [1.29, 1.82) is 0 Å². The van der Waals surface area contributed by atoms with E-state index in [-0.39, 0.29) is 0 Å². The smallest absolute Gasteiger partial charge is 0.146 e. The molecule has 18 heavy (non-hydrogen) atoms. The maximum absolute atomic E-state index is 11.5. The maximum Gasteiger partial charge on any atom is 0.146 e. The molecule has 0 aliphatic carbocycles. The number of ketones is 1. The summed E-state index contributed by atoms with van der Waals surface area (Å²) in [5.41, 5.74) is 0. The summed E-state index contributed by atoms with van der Waals surface area (Å²) in [5.74, 6) is 0.331. The van der Waals surface area contributed by atoms with Crippen molar-refractivity contribution in [3.63, 3.8) is 0 Å². The quantitative estimate of drug-likeness (QED) is 0.485. The van der Waals surface area contributed by atoms with E-state index in [1.165, 1.54) is 44.9 Å². The topological polar surface area (TPSA) is 38.3 Å². The van der Waals surface area contributed by atoms with Gasteiger partial charge >= 0.3 is 0 Å². The minimum atomic E-state index is 0.331. The van der Waals surface area contributed by atoms with Crippen molar-refractivity contribution >= 4 is 5.78 Å². The number of nitrogens with one attached hydrogen (secondary N) is 1. The molecule has 0 aliphatic rings. The van der Waals surface area contributed by atoms with Gasteiger partial charge in [-0.25, -0.2) is 0 Å². The van der Waals surface area contributed by atoms with Crippen LogP contribution in [0.25, 0.3) is 0 Å². The predicted octanol–water partition coefficient (Wildman–Crippen LogP) is 3.32. The van der Waals surface area contributed by atoms with Crippen molar-refractivity contribution in [2.75, 3.05) is 26.8 Å². The number of hydrogen-bond donors (Lipinski definition) is 1. The van der Waals surface area contributed by atoms with E-state index in [0.717, 1.165) is 19.4 Å². The lowest BCUT2D eigenvalue weighted by Crippen LogP contribution is -2.26. The standard InChI is InChI=1S/C15H31NO2/c1-3-4-5-6-7-8-9-10-11-15(17)14-16-12-13-18-2/h16H,3-14H2,1-2H3. The van der Waals surface area contributed by atoms with E-state index in [0.29, 0.717) is 18.9 Å². The Morgan fingerprint density at radius 2 is 1.61 bits per heavy atom. The highest BCUT2D eigenvalue weighted by Crippen LogP contribution is 2.09. The number of carbonyl (C=O) groups excluding carboxylic acids is 1. The van der Waals surface area contributed by atoms with Crippen LogP contribution in [0.3, 0.4) is 0 Å². The molecule has 0 saturated heterocycles. The average Bonchev–Trinajstić information content (AvgIpc) is 2.38. The Morgan fingerprint density at radius 1 is 1.00 bits per heavy atom. The number of Topliss-reactive ketones (excluding diaryl/α,β-unsaturated/α-hetero) is 1. The fourth-order valence-corrected chi connectivity index (χ4v) is 1.95. The Morgan fingerprint density at radius 3 is 2.22 bits per heavy atom.